The predicted molar refractivity (Wildman–Crippen MR) is 127 cm³/mol. The highest BCUT2D eigenvalue weighted by Gasteiger charge is 2.39. The van der Waals surface area contributed by atoms with E-state index in [1.54, 1.807) is 44.3 Å². The molecule has 0 fully saturated rings. The van der Waals surface area contributed by atoms with Crippen LogP contribution in [0.3, 0.4) is 0 Å². The molecule has 1 aromatic carbocycles. The maximum absolute atomic E-state index is 13.1. The lowest BCUT2D eigenvalue weighted by Crippen LogP contribution is -2.35. The summed E-state index contributed by atoms with van der Waals surface area (Å²) < 4.78 is 16.2. The monoisotopic (exact) mass is 491 g/mol. The molecular weight excluding hydrogens is 466 g/mol. The van der Waals surface area contributed by atoms with Gasteiger partial charge in [0.2, 0.25) is 0 Å². The lowest BCUT2D eigenvalue weighted by atomic mass is 9.80. The van der Waals surface area contributed by atoms with Gasteiger partial charge in [0.05, 0.1) is 49.7 Å². The number of hydrogen-bond acceptors (Lipinski definition) is 9. The van der Waals surface area contributed by atoms with Crippen molar-refractivity contribution in [2.24, 2.45) is 0 Å². The number of anilines is 1. The molecule has 1 aromatic heterocycles. The van der Waals surface area contributed by atoms with Gasteiger partial charge in [-0.25, -0.2) is 14.6 Å². The van der Waals surface area contributed by atoms with Crippen LogP contribution >= 0.6 is 22.9 Å². The van der Waals surface area contributed by atoms with Crippen molar-refractivity contribution in [3.05, 3.63) is 69.0 Å². The Bertz CT molecular complexity index is 1050. The molecule has 0 amide bonds. The van der Waals surface area contributed by atoms with E-state index in [4.69, 9.17) is 25.8 Å². The SMILES string of the molecule is CCOC(=O)C1=C(COCCNc2nccs2)NC(C)=C(C(=O)OC)C1c1ccccc1Cl. The van der Waals surface area contributed by atoms with Crippen molar-refractivity contribution >= 4 is 40.0 Å². The van der Waals surface area contributed by atoms with E-state index in [2.05, 4.69) is 15.6 Å². The molecule has 1 aliphatic heterocycles. The largest absolute Gasteiger partial charge is 0.466 e. The van der Waals surface area contributed by atoms with Crippen molar-refractivity contribution in [1.29, 1.82) is 0 Å². The third-order valence-corrected chi connectivity index (χ3v) is 6.04. The van der Waals surface area contributed by atoms with E-state index in [0.29, 0.717) is 40.7 Å². The summed E-state index contributed by atoms with van der Waals surface area (Å²) in [6.07, 6.45) is 1.72. The van der Waals surface area contributed by atoms with E-state index in [-0.39, 0.29) is 18.8 Å². The lowest BCUT2D eigenvalue weighted by Gasteiger charge is -2.31. The van der Waals surface area contributed by atoms with Gasteiger partial charge in [-0.3, -0.25) is 0 Å². The standard InChI is InChI=1S/C23H26ClN3O5S/c1-4-32-22(29)20-17(13-31-11-9-25-23-26-10-12-33-23)27-14(2)18(21(28)30-3)19(20)15-7-5-6-8-16(15)24/h5-8,10,12,19,27H,4,9,11,13H2,1-3H3,(H,25,26). The molecule has 0 aliphatic carbocycles. The van der Waals surface area contributed by atoms with Gasteiger partial charge in [0.1, 0.15) is 0 Å². The summed E-state index contributed by atoms with van der Waals surface area (Å²) in [4.78, 5) is 30.0. The van der Waals surface area contributed by atoms with Crippen molar-refractivity contribution in [1.82, 2.24) is 10.3 Å². The number of benzene rings is 1. The fourth-order valence-corrected chi connectivity index (χ4v) is 4.38. The van der Waals surface area contributed by atoms with Crippen molar-refractivity contribution < 1.29 is 23.8 Å². The number of aromatic nitrogens is 1. The third kappa shape index (κ3) is 5.93. The molecule has 0 saturated carbocycles. The third-order valence-electron chi connectivity index (χ3n) is 4.96. The molecule has 0 spiro atoms. The van der Waals surface area contributed by atoms with Crippen molar-refractivity contribution in [2.75, 3.05) is 38.8 Å². The maximum Gasteiger partial charge on any atom is 0.336 e. The smallest absolute Gasteiger partial charge is 0.336 e. The second kappa shape index (κ2) is 11.8. The Morgan fingerprint density at radius 1 is 1.24 bits per heavy atom. The first kappa shape index (κ1) is 24.8. The van der Waals surface area contributed by atoms with Gasteiger partial charge in [-0.2, -0.15) is 0 Å². The molecule has 33 heavy (non-hydrogen) atoms. The average molecular weight is 492 g/mol. The second-order valence-electron chi connectivity index (χ2n) is 7.04. The molecule has 1 atom stereocenters. The fraction of sp³-hybridized carbons (Fsp3) is 0.348. The highest BCUT2D eigenvalue weighted by atomic mass is 35.5. The van der Waals surface area contributed by atoms with Crippen LogP contribution in [0.4, 0.5) is 5.13 Å². The van der Waals surface area contributed by atoms with E-state index in [9.17, 15) is 9.59 Å². The summed E-state index contributed by atoms with van der Waals surface area (Å²) >= 11 is 7.99. The minimum atomic E-state index is -0.765. The van der Waals surface area contributed by atoms with Gasteiger partial charge < -0.3 is 24.8 Å². The van der Waals surface area contributed by atoms with Crippen LogP contribution in [0.1, 0.15) is 25.3 Å². The number of methoxy groups -OCH3 is 1. The zero-order valence-electron chi connectivity index (χ0n) is 18.6. The Morgan fingerprint density at radius 3 is 2.70 bits per heavy atom. The van der Waals surface area contributed by atoms with Crippen molar-refractivity contribution in [3.8, 4) is 0 Å². The number of dihydropyridines is 1. The van der Waals surface area contributed by atoms with Gasteiger partial charge in [-0.1, -0.05) is 29.8 Å². The number of halogens is 1. The molecular formula is C23H26ClN3O5S. The minimum absolute atomic E-state index is 0.112. The van der Waals surface area contributed by atoms with E-state index >= 15 is 0 Å². The highest BCUT2D eigenvalue weighted by molar-refractivity contribution is 7.13. The van der Waals surface area contributed by atoms with Gasteiger partial charge in [-0.15, -0.1) is 11.3 Å². The number of allylic oxidation sites excluding steroid dienone is 1. The minimum Gasteiger partial charge on any atom is -0.466 e. The number of ether oxygens (including phenoxy) is 3. The Hall–Kier alpha value is -2.88. The summed E-state index contributed by atoms with van der Waals surface area (Å²) in [7, 11) is 1.30. The molecule has 2 N–H and O–H groups in total. The van der Waals surface area contributed by atoms with E-state index in [1.165, 1.54) is 18.4 Å². The topological polar surface area (TPSA) is 98.8 Å². The number of nitrogens with zero attached hydrogens (tertiary/aromatic N) is 1. The van der Waals surface area contributed by atoms with E-state index < -0.39 is 17.9 Å². The Labute approximate surface area is 201 Å². The first-order valence-electron chi connectivity index (χ1n) is 10.4. The van der Waals surface area contributed by atoms with Crippen LogP contribution in [-0.4, -0.2) is 50.4 Å². The van der Waals surface area contributed by atoms with Crippen LogP contribution in [0, 0.1) is 0 Å². The van der Waals surface area contributed by atoms with Gasteiger partial charge in [-0.05, 0) is 25.5 Å². The highest BCUT2D eigenvalue weighted by Crippen LogP contribution is 2.41. The first-order chi connectivity index (χ1) is 16.0. The van der Waals surface area contributed by atoms with Gasteiger partial charge in [0.25, 0.3) is 0 Å². The number of thiazole rings is 1. The number of rotatable bonds is 10. The summed E-state index contributed by atoms with van der Waals surface area (Å²) in [6, 6.07) is 7.09. The predicted octanol–water partition coefficient (Wildman–Crippen LogP) is 3.88. The second-order valence-corrected chi connectivity index (χ2v) is 8.34. The molecule has 8 nitrogen and oxygen atoms in total. The quantitative estimate of drug-likeness (QED) is 0.381. The molecule has 3 rings (SSSR count). The zero-order chi connectivity index (χ0) is 23.8. The Morgan fingerprint density at radius 2 is 2.03 bits per heavy atom. The van der Waals surface area contributed by atoms with Crippen LogP contribution in [0.15, 0.2) is 58.4 Å². The number of hydrogen-bond donors (Lipinski definition) is 2. The summed E-state index contributed by atoms with van der Waals surface area (Å²) in [5.74, 6) is -1.87. The van der Waals surface area contributed by atoms with Gasteiger partial charge >= 0.3 is 11.9 Å². The number of nitrogens with one attached hydrogen (secondary N) is 2. The molecule has 10 heteroatoms. The lowest BCUT2D eigenvalue weighted by molar-refractivity contribution is -0.139. The number of carbonyl (C=O) groups is 2. The first-order valence-corrected chi connectivity index (χ1v) is 11.6. The molecule has 1 aliphatic rings. The summed E-state index contributed by atoms with van der Waals surface area (Å²) in [6.45, 7) is 4.69. The Balaban J connectivity index is 1.93. The van der Waals surface area contributed by atoms with Gasteiger partial charge in [0, 0.05) is 28.8 Å². The van der Waals surface area contributed by atoms with Crippen LogP contribution < -0.4 is 10.6 Å². The van der Waals surface area contributed by atoms with Crippen LogP contribution in [0.5, 0.6) is 0 Å². The molecule has 0 radical (unpaired) electrons. The molecule has 2 aromatic rings. The average Bonchev–Trinajstić information content (AvgIpc) is 3.32. The van der Waals surface area contributed by atoms with E-state index in [1.807, 2.05) is 5.38 Å². The summed E-state index contributed by atoms with van der Waals surface area (Å²) in [5, 5.41) is 9.43. The molecule has 0 bridgehead atoms. The zero-order valence-corrected chi connectivity index (χ0v) is 20.2. The maximum atomic E-state index is 13.1. The van der Waals surface area contributed by atoms with E-state index in [0.717, 1.165) is 5.13 Å². The van der Waals surface area contributed by atoms with Crippen LogP contribution in [-0.2, 0) is 23.8 Å². The van der Waals surface area contributed by atoms with Crippen molar-refractivity contribution in [2.45, 2.75) is 19.8 Å². The number of carbonyl (C=O) groups excluding carboxylic acids is 2. The number of esters is 2. The van der Waals surface area contributed by atoms with Crippen molar-refractivity contribution in [3.63, 3.8) is 0 Å². The molecule has 2 heterocycles. The Kier molecular flexibility index (Phi) is 8.87. The molecule has 0 saturated heterocycles. The normalized spacial score (nSPS) is 15.8. The van der Waals surface area contributed by atoms with Gasteiger partial charge in [0.15, 0.2) is 5.13 Å². The van der Waals surface area contributed by atoms with Crippen LogP contribution in [0.25, 0.3) is 0 Å². The van der Waals surface area contributed by atoms with Crippen LogP contribution in [0.2, 0.25) is 5.02 Å². The molecule has 1 unspecified atom stereocenters. The fourth-order valence-electron chi connectivity index (χ4n) is 3.58. The molecule has 176 valence electrons. The summed E-state index contributed by atoms with van der Waals surface area (Å²) in [5.41, 5.74) is 2.23.